The summed E-state index contributed by atoms with van der Waals surface area (Å²) in [6.45, 7) is 6.41. The van der Waals surface area contributed by atoms with E-state index < -0.39 is 0 Å². The van der Waals surface area contributed by atoms with Crippen LogP contribution in [0.1, 0.15) is 27.2 Å². The monoisotopic (exact) mass is 120 g/mol. The fourth-order valence-corrected chi connectivity index (χ4v) is 0.360. The van der Waals surface area contributed by atoms with E-state index in [1.165, 1.54) is 0 Å². The Morgan fingerprint density at radius 3 is 2.22 bits per heavy atom. The number of rotatable bonds is 0. The molecular weight excluding hydrogens is 108 g/mol. The second-order valence-corrected chi connectivity index (χ2v) is 3.18. The Balaban J connectivity index is 3.67. The smallest absolute Gasteiger partial charge is 0.0148 e. The van der Waals surface area contributed by atoms with Gasteiger partial charge in [-0.1, -0.05) is 26.7 Å². The van der Waals surface area contributed by atoms with E-state index in [0.717, 1.165) is 6.42 Å². The largest absolute Gasteiger partial charge is 0.106 e. The van der Waals surface area contributed by atoms with E-state index in [1.54, 1.807) is 0 Å². The fraction of sp³-hybridized carbons (Fsp3) is 0.556. The normalized spacial score (nSPS) is 9.11. The molecule has 0 N–H and O–H groups in total. The minimum atomic E-state index is 0.282. The second-order valence-electron chi connectivity index (χ2n) is 3.18. The zero-order chi connectivity index (χ0) is 7.33. The molecule has 0 heteroatoms. The quantitative estimate of drug-likeness (QED) is 0.429. The summed E-state index contributed by atoms with van der Waals surface area (Å²) < 4.78 is 0. The van der Waals surface area contributed by atoms with Crippen molar-refractivity contribution in [3.8, 4) is 24.2 Å². The predicted octanol–water partition coefficient (Wildman–Crippen LogP) is 2.06. The van der Waals surface area contributed by atoms with E-state index in [1.807, 2.05) is 0 Å². The summed E-state index contributed by atoms with van der Waals surface area (Å²) in [5.74, 6) is 7.75. The van der Waals surface area contributed by atoms with Gasteiger partial charge in [-0.05, 0) is 17.3 Å². The van der Waals surface area contributed by atoms with Crippen LogP contribution in [-0.4, -0.2) is 0 Å². The van der Waals surface area contributed by atoms with Crippen molar-refractivity contribution in [2.24, 2.45) is 5.41 Å². The molecule has 0 saturated heterocycles. The first-order valence-corrected chi connectivity index (χ1v) is 3.00. The number of hydrogen-bond donors (Lipinski definition) is 0. The zero-order valence-electron chi connectivity index (χ0n) is 6.28. The van der Waals surface area contributed by atoms with E-state index >= 15 is 0 Å². The van der Waals surface area contributed by atoms with Crippen LogP contribution < -0.4 is 0 Å². The van der Waals surface area contributed by atoms with E-state index in [0.29, 0.717) is 0 Å². The Morgan fingerprint density at radius 1 is 1.33 bits per heavy atom. The van der Waals surface area contributed by atoms with Crippen molar-refractivity contribution in [3.63, 3.8) is 0 Å². The van der Waals surface area contributed by atoms with Gasteiger partial charge in [-0.3, -0.25) is 0 Å². The summed E-state index contributed by atoms with van der Waals surface area (Å²) in [5, 5.41) is 0. The maximum atomic E-state index is 4.93. The predicted molar refractivity (Wildman–Crippen MR) is 40.7 cm³/mol. The Bertz CT molecular complexity index is 163. The lowest BCUT2D eigenvalue weighted by Crippen LogP contribution is -2.01. The van der Waals surface area contributed by atoms with Gasteiger partial charge in [0.05, 0.1) is 0 Å². The Kier molecular flexibility index (Phi) is 2.89. The van der Waals surface area contributed by atoms with Crippen LogP contribution in [0.5, 0.6) is 0 Å². The van der Waals surface area contributed by atoms with Crippen LogP contribution in [0.15, 0.2) is 0 Å². The van der Waals surface area contributed by atoms with Crippen molar-refractivity contribution >= 4 is 0 Å². The molecule has 0 aliphatic rings. The molecule has 0 aromatic rings. The maximum absolute atomic E-state index is 4.93. The van der Waals surface area contributed by atoms with Crippen LogP contribution in [0, 0.1) is 29.6 Å². The van der Waals surface area contributed by atoms with Crippen LogP contribution in [0.2, 0.25) is 0 Å². The van der Waals surface area contributed by atoms with E-state index in [-0.39, 0.29) is 5.41 Å². The molecule has 0 aliphatic carbocycles. The van der Waals surface area contributed by atoms with Gasteiger partial charge in [0.15, 0.2) is 0 Å². The molecule has 0 bridgehead atoms. The molecule has 48 valence electrons. The van der Waals surface area contributed by atoms with Crippen LogP contribution in [0.25, 0.3) is 0 Å². The van der Waals surface area contributed by atoms with Gasteiger partial charge in [0, 0.05) is 6.42 Å². The Morgan fingerprint density at radius 2 is 1.89 bits per heavy atom. The molecule has 0 amide bonds. The van der Waals surface area contributed by atoms with Gasteiger partial charge in [0.1, 0.15) is 0 Å². The molecule has 0 spiro atoms. The van der Waals surface area contributed by atoms with Gasteiger partial charge in [-0.2, -0.15) is 0 Å². The SMILES string of the molecule is C#CC#CCC(C)(C)C. The third kappa shape index (κ3) is 7.12. The minimum absolute atomic E-state index is 0.282. The maximum Gasteiger partial charge on any atom is 0.0148 e. The van der Waals surface area contributed by atoms with Crippen molar-refractivity contribution in [1.82, 2.24) is 0 Å². The van der Waals surface area contributed by atoms with Gasteiger partial charge in [0.2, 0.25) is 0 Å². The number of terminal acetylenes is 1. The van der Waals surface area contributed by atoms with Crippen molar-refractivity contribution in [3.05, 3.63) is 0 Å². The van der Waals surface area contributed by atoms with Crippen LogP contribution in [0.4, 0.5) is 0 Å². The third-order valence-corrected chi connectivity index (χ3v) is 0.779. The molecule has 0 nitrogen and oxygen atoms in total. The summed E-state index contributed by atoms with van der Waals surface area (Å²) in [5.41, 5.74) is 0.282. The Labute approximate surface area is 57.7 Å². The highest BCUT2D eigenvalue weighted by molar-refractivity contribution is 5.21. The highest BCUT2D eigenvalue weighted by Crippen LogP contribution is 2.16. The molecule has 9 heavy (non-hydrogen) atoms. The summed E-state index contributed by atoms with van der Waals surface area (Å²) in [4.78, 5) is 0. The van der Waals surface area contributed by atoms with Gasteiger partial charge in [0.25, 0.3) is 0 Å². The molecule has 0 unspecified atom stereocenters. The zero-order valence-corrected chi connectivity index (χ0v) is 6.28. The van der Waals surface area contributed by atoms with Gasteiger partial charge in [-0.25, -0.2) is 0 Å². The van der Waals surface area contributed by atoms with Gasteiger partial charge in [-0.15, -0.1) is 6.42 Å². The number of hydrogen-bond acceptors (Lipinski definition) is 0. The summed E-state index contributed by atoms with van der Waals surface area (Å²) >= 11 is 0. The molecule has 0 aliphatic heterocycles. The lowest BCUT2D eigenvalue weighted by Gasteiger charge is -2.12. The standard InChI is InChI=1S/C9H12/c1-5-6-7-8-9(2,3)4/h1H,8H2,2-4H3. The fourth-order valence-electron chi connectivity index (χ4n) is 0.360. The van der Waals surface area contributed by atoms with Crippen LogP contribution in [-0.2, 0) is 0 Å². The molecule has 0 aromatic carbocycles. The molecule has 0 saturated carbocycles. The molecule has 0 fully saturated rings. The van der Waals surface area contributed by atoms with Crippen molar-refractivity contribution in [2.75, 3.05) is 0 Å². The molecule has 0 atom stereocenters. The molecule has 0 heterocycles. The minimum Gasteiger partial charge on any atom is -0.106 e. The van der Waals surface area contributed by atoms with E-state index in [9.17, 15) is 0 Å². The molecule has 0 aromatic heterocycles. The molecule has 0 radical (unpaired) electrons. The van der Waals surface area contributed by atoms with Gasteiger partial charge >= 0.3 is 0 Å². The second kappa shape index (κ2) is 3.21. The highest BCUT2D eigenvalue weighted by Gasteiger charge is 2.06. The highest BCUT2D eigenvalue weighted by atomic mass is 14.1. The van der Waals surface area contributed by atoms with Gasteiger partial charge < -0.3 is 0 Å². The average Bonchev–Trinajstić information content (AvgIpc) is 1.63. The van der Waals surface area contributed by atoms with Crippen molar-refractivity contribution in [2.45, 2.75) is 27.2 Å². The first kappa shape index (κ1) is 8.12. The average molecular weight is 120 g/mol. The van der Waals surface area contributed by atoms with Crippen LogP contribution >= 0.6 is 0 Å². The van der Waals surface area contributed by atoms with Crippen molar-refractivity contribution < 1.29 is 0 Å². The first-order valence-electron chi connectivity index (χ1n) is 3.00. The molecular formula is C9H12. The van der Waals surface area contributed by atoms with Crippen molar-refractivity contribution in [1.29, 1.82) is 0 Å². The lowest BCUT2D eigenvalue weighted by atomic mass is 9.93. The molecule has 0 rings (SSSR count). The van der Waals surface area contributed by atoms with E-state index in [4.69, 9.17) is 6.42 Å². The Hall–Kier alpha value is -0.880. The summed E-state index contributed by atoms with van der Waals surface area (Å²) in [6, 6.07) is 0. The summed E-state index contributed by atoms with van der Waals surface area (Å²) in [6.07, 6.45) is 5.81. The van der Waals surface area contributed by atoms with E-state index in [2.05, 4.69) is 38.5 Å². The third-order valence-electron chi connectivity index (χ3n) is 0.779. The lowest BCUT2D eigenvalue weighted by molar-refractivity contribution is 0.428. The summed E-state index contributed by atoms with van der Waals surface area (Å²) in [7, 11) is 0. The first-order chi connectivity index (χ1) is 4.06. The van der Waals surface area contributed by atoms with Crippen LogP contribution in [0.3, 0.4) is 0 Å². The topological polar surface area (TPSA) is 0 Å².